The van der Waals surface area contributed by atoms with Crippen molar-refractivity contribution < 1.29 is 22.5 Å². The van der Waals surface area contributed by atoms with E-state index < -0.39 is 35.0 Å². The van der Waals surface area contributed by atoms with E-state index in [2.05, 4.69) is 6.07 Å². The highest BCUT2D eigenvalue weighted by Gasteiger charge is 2.44. The van der Waals surface area contributed by atoms with Gasteiger partial charge in [0.25, 0.3) is 0 Å². The van der Waals surface area contributed by atoms with Crippen molar-refractivity contribution >= 4 is 22.9 Å². The van der Waals surface area contributed by atoms with Crippen molar-refractivity contribution in [2.75, 3.05) is 17.7 Å². The number of rotatable bonds is 4. The molecule has 2 aromatic rings. The molecule has 188 valence electrons. The summed E-state index contributed by atoms with van der Waals surface area (Å²) in [5, 5.41) is 9.37. The SMILES string of the molecule is CC=C1CCCC2=C1C(c1ccc(C#N)cc1[S+](C)[O-])N(CC)C(=O)N2c1cccc(C(F)(F)F)c1. The molecule has 2 atom stereocenters. The number of nitrogens with zero attached hydrogens (tertiary/aromatic N) is 3. The molecule has 0 spiro atoms. The smallest absolute Gasteiger partial charge is 0.416 e. The first-order valence-electron chi connectivity index (χ1n) is 11.7. The molecule has 2 unspecified atom stereocenters. The number of benzene rings is 2. The van der Waals surface area contributed by atoms with Gasteiger partial charge < -0.3 is 9.45 Å². The molecule has 0 saturated carbocycles. The Balaban J connectivity index is 2.00. The first-order chi connectivity index (χ1) is 17.1. The number of urea groups is 1. The summed E-state index contributed by atoms with van der Waals surface area (Å²) in [6.07, 6.45) is 0.991. The molecule has 1 heterocycles. The Morgan fingerprint density at radius 3 is 2.58 bits per heavy atom. The second-order valence-electron chi connectivity index (χ2n) is 8.70. The monoisotopic (exact) mass is 513 g/mol. The van der Waals surface area contributed by atoms with Crippen LogP contribution < -0.4 is 4.90 Å². The van der Waals surface area contributed by atoms with Gasteiger partial charge in [0.15, 0.2) is 4.90 Å². The summed E-state index contributed by atoms with van der Waals surface area (Å²) < 4.78 is 53.2. The van der Waals surface area contributed by atoms with Crippen LogP contribution in [0.1, 0.15) is 55.8 Å². The third kappa shape index (κ3) is 4.51. The molecule has 0 N–H and O–H groups in total. The molecule has 5 nitrogen and oxygen atoms in total. The predicted molar refractivity (Wildman–Crippen MR) is 133 cm³/mol. The Morgan fingerprint density at radius 1 is 1.22 bits per heavy atom. The Hall–Kier alpha value is -3.22. The zero-order valence-corrected chi connectivity index (χ0v) is 21.0. The first-order valence-corrected chi connectivity index (χ1v) is 13.2. The van der Waals surface area contributed by atoms with Gasteiger partial charge in [-0.2, -0.15) is 18.4 Å². The van der Waals surface area contributed by atoms with Crippen LogP contribution in [-0.2, 0) is 17.4 Å². The first kappa shape index (κ1) is 25.9. The van der Waals surface area contributed by atoms with Crippen molar-refractivity contribution in [2.24, 2.45) is 0 Å². The summed E-state index contributed by atoms with van der Waals surface area (Å²) in [4.78, 5) is 17.4. The van der Waals surface area contributed by atoms with E-state index in [1.165, 1.54) is 23.3 Å². The second-order valence-corrected chi connectivity index (χ2v) is 10.0. The van der Waals surface area contributed by atoms with Gasteiger partial charge in [-0.15, -0.1) is 0 Å². The van der Waals surface area contributed by atoms with Crippen LogP contribution in [0.4, 0.5) is 23.7 Å². The van der Waals surface area contributed by atoms with E-state index in [0.29, 0.717) is 28.1 Å². The van der Waals surface area contributed by atoms with Crippen molar-refractivity contribution in [3.8, 4) is 6.07 Å². The van der Waals surface area contributed by atoms with Crippen LogP contribution in [0.5, 0.6) is 0 Å². The molecule has 2 amide bonds. The van der Waals surface area contributed by atoms with Crippen LogP contribution in [0.2, 0.25) is 0 Å². The van der Waals surface area contributed by atoms with Gasteiger partial charge in [-0.05, 0) is 74.1 Å². The number of halogens is 3. The lowest BCUT2D eigenvalue weighted by molar-refractivity contribution is -0.137. The molecule has 0 aromatic heterocycles. The molecule has 0 radical (unpaired) electrons. The number of allylic oxidation sites excluding steroid dienone is 2. The van der Waals surface area contributed by atoms with Gasteiger partial charge in [0.2, 0.25) is 0 Å². The molecule has 2 aromatic carbocycles. The molecular formula is C27H26F3N3O2S. The van der Waals surface area contributed by atoms with Crippen LogP contribution in [0.25, 0.3) is 0 Å². The van der Waals surface area contributed by atoms with Gasteiger partial charge in [0.05, 0.1) is 28.9 Å². The lowest BCUT2D eigenvalue weighted by Gasteiger charge is -2.46. The van der Waals surface area contributed by atoms with E-state index >= 15 is 0 Å². The van der Waals surface area contributed by atoms with Gasteiger partial charge in [0, 0.05) is 29.4 Å². The summed E-state index contributed by atoms with van der Waals surface area (Å²) in [6, 6.07) is 10.9. The van der Waals surface area contributed by atoms with Crippen molar-refractivity contribution in [1.29, 1.82) is 5.26 Å². The number of hydrogen-bond acceptors (Lipinski definition) is 3. The molecule has 0 saturated heterocycles. The predicted octanol–water partition coefficient (Wildman–Crippen LogP) is 6.70. The number of amides is 2. The van der Waals surface area contributed by atoms with Crippen LogP contribution >= 0.6 is 0 Å². The number of carbonyl (C=O) groups excluding carboxylic acids is 1. The fourth-order valence-corrected chi connectivity index (χ4v) is 5.89. The fourth-order valence-electron chi connectivity index (χ4n) is 5.08. The average molecular weight is 514 g/mol. The Labute approximate surface area is 211 Å². The van der Waals surface area contributed by atoms with E-state index in [1.54, 1.807) is 23.1 Å². The number of nitriles is 1. The maximum Gasteiger partial charge on any atom is 0.416 e. The summed E-state index contributed by atoms with van der Waals surface area (Å²) >= 11 is -1.44. The molecule has 0 bridgehead atoms. The standard InChI is InChI=1S/C27H26F3N3O2S/c1-4-18-8-6-11-22-24(18)25(21-13-12-17(16-31)14-23(21)36(3)35)32(5-2)26(34)33(22)20-10-7-9-19(15-20)27(28,29)30/h4,7,9-10,12-15,25H,5-6,8,11H2,1-3H3. The molecule has 36 heavy (non-hydrogen) atoms. The molecule has 2 aliphatic rings. The largest absolute Gasteiger partial charge is 0.612 e. The summed E-state index contributed by atoms with van der Waals surface area (Å²) in [7, 11) is 0. The van der Waals surface area contributed by atoms with Gasteiger partial charge in [-0.25, -0.2) is 4.79 Å². The Morgan fingerprint density at radius 2 is 1.97 bits per heavy atom. The third-order valence-corrected chi connectivity index (χ3v) is 7.65. The minimum atomic E-state index is -4.54. The van der Waals surface area contributed by atoms with E-state index in [4.69, 9.17) is 0 Å². The lowest BCUT2D eigenvalue weighted by Crippen LogP contribution is -2.51. The van der Waals surface area contributed by atoms with E-state index in [9.17, 15) is 27.8 Å². The quantitative estimate of drug-likeness (QED) is 0.427. The fraction of sp³-hybridized carbons (Fsp3) is 0.333. The number of hydrogen-bond donors (Lipinski definition) is 0. The highest BCUT2D eigenvalue weighted by Crippen LogP contribution is 2.48. The second kappa shape index (κ2) is 10.0. The maximum absolute atomic E-state index is 13.9. The van der Waals surface area contributed by atoms with Crippen molar-refractivity contribution in [3.05, 3.63) is 82.1 Å². The number of alkyl halides is 3. The minimum absolute atomic E-state index is 0.163. The molecular weight excluding hydrogens is 487 g/mol. The van der Waals surface area contributed by atoms with E-state index in [0.717, 1.165) is 36.1 Å². The topological polar surface area (TPSA) is 70.4 Å². The molecule has 1 aliphatic carbocycles. The molecule has 1 aliphatic heterocycles. The summed E-state index contributed by atoms with van der Waals surface area (Å²) in [6.45, 7) is 4.00. The van der Waals surface area contributed by atoms with E-state index in [1.807, 2.05) is 19.9 Å². The summed E-state index contributed by atoms with van der Waals surface area (Å²) in [5.41, 5.74) is 2.87. The average Bonchev–Trinajstić information content (AvgIpc) is 2.86. The van der Waals surface area contributed by atoms with Crippen molar-refractivity contribution in [1.82, 2.24) is 4.90 Å². The van der Waals surface area contributed by atoms with E-state index in [-0.39, 0.29) is 12.2 Å². The normalized spacial score (nSPS) is 20.4. The molecule has 9 heteroatoms. The zero-order valence-electron chi connectivity index (χ0n) is 20.2. The third-order valence-electron chi connectivity index (χ3n) is 6.68. The highest BCUT2D eigenvalue weighted by atomic mass is 32.2. The zero-order chi connectivity index (χ0) is 26.2. The van der Waals surface area contributed by atoms with Crippen LogP contribution in [0.15, 0.2) is 70.3 Å². The van der Waals surface area contributed by atoms with Crippen LogP contribution in [-0.4, -0.2) is 28.3 Å². The van der Waals surface area contributed by atoms with Gasteiger partial charge in [-0.1, -0.05) is 18.2 Å². The highest BCUT2D eigenvalue weighted by molar-refractivity contribution is 7.90. The summed E-state index contributed by atoms with van der Waals surface area (Å²) in [5.74, 6) is 0. The number of anilines is 1. The minimum Gasteiger partial charge on any atom is -0.612 e. The molecule has 4 rings (SSSR count). The van der Waals surface area contributed by atoms with Crippen LogP contribution in [0.3, 0.4) is 0 Å². The Kier molecular flexibility index (Phi) is 7.21. The van der Waals surface area contributed by atoms with Crippen LogP contribution in [0, 0.1) is 11.3 Å². The number of carbonyl (C=O) groups is 1. The lowest BCUT2D eigenvalue weighted by atomic mass is 9.80. The number of likely N-dealkylation sites (N-methyl/N-ethyl adjacent to an activating group) is 1. The molecule has 0 fully saturated rings. The Bertz CT molecular complexity index is 1290. The van der Waals surface area contributed by atoms with Gasteiger partial charge in [0.1, 0.15) is 6.26 Å². The van der Waals surface area contributed by atoms with Gasteiger partial charge >= 0.3 is 12.2 Å². The van der Waals surface area contributed by atoms with Gasteiger partial charge in [-0.3, -0.25) is 4.90 Å². The van der Waals surface area contributed by atoms with Crippen molar-refractivity contribution in [2.45, 2.75) is 50.2 Å². The van der Waals surface area contributed by atoms with Crippen molar-refractivity contribution in [3.63, 3.8) is 0 Å². The maximum atomic E-state index is 13.9.